The molecular formula is C31H31NO6S. The summed E-state index contributed by atoms with van der Waals surface area (Å²) < 4.78 is 39.3. The van der Waals surface area contributed by atoms with Gasteiger partial charge in [0.25, 0.3) is 10.0 Å². The monoisotopic (exact) mass is 545 g/mol. The van der Waals surface area contributed by atoms with Crippen LogP contribution in [0.15, 0.2) is 83.8 Å². The maximum atomic E-state index is 13.1. The van der Waals surface area contributed by atoms with Gasteiger partial charge >= 0.3 is 5.97 Å². The molecule has 8 heteroatoms. The van der Waals surface area contributed by atoms with E-state index in [-0.39, 0.29) is 16.2 Å². The molecule has 0 amide bonds. The molecule has 4 rings (SSSR count). The zero-order valence-electron chi connectivity index (χ0n) is 22.2. The first-order valence-electron chi connectivity index (χ1n) is 12.7. The highest BCUT2D eigenvalue weighted by Gasteiger charge is 2.21. The third-order valence-corrected chi connectivity index (χ3v) is 7.97. The lowest BCUT2D eigenvalue weighted by molar-refractivity contribution is 0.0474. The number of fused-ring (bicyclic) bond motifs is 1. The van der Waals surface area contributed by atoms with Crippen molar-refractivity contribution in [1.29, 1.82) is 0 Å². The summed E-state index contributed by atoms with van der Waals surface area (Å²) in [6.07, 6.45) is 3.09. The Balaban J connectivity index is 1.44. The van der Waals surface area contributed by atoms with Crippen LogP contribution in [-0.4, -0.2) is 33.9 Å². The minimum atomic E-state index is -3.96. The van der Waals surface area contributed by atoms with Gasteiger partial charge in [0.1, 0.15) is 5.75 Å². The van der Waals surface area contributed by atoms with Gasteiger partial charge in [-0.1, -0.05) is 49.7 Å². The van der Waals surface area contributed by atoms with Crippen LogP contribution in [0.4, 0.5) is 5.69 Å². The number of rotatable bonds is 11. The minimum absolute atomic E-state index is 0.0364. The molecule has 0 aliphatic carbocycles. The van der Waals surface area contributed by atoms with E-state index in [0.29, 0.717) is 22.6 Å². The average molecular weight is 546 g/mol. The summed E-state index contributed by atoms with van der Waals surface area (Å²) in [6, 6.07) is 22.2. The van der Waals surface area contributed by atoms with Gasteiger partial charge < -0.3 is 9.47 Å². The van der Waals surface area contributed by atoms with Gasteiger partial charge in [0, 0.05) is 11.3 Å². The number of ether oxygens (including phenoxy) is 2. The number of esters is 1. The van der Waals surface area contributed by atoms with Crippen molar-refractivity contribution in [3.8, 4) is 5.75 Å². The average Bonchev–Trinajstić information content (AvgIpc) is 2.94. The molecule has 1 N–H and O–H groups in total. The molecule has 4 aromatic rings. The summed E-state index contributed by atoms with van der Waals surface area (Å²) in [5.74, 6) is -0.443. The highest BCUT2D eigenvalue weighted by Crippen LogP contribution is 2.24. The van der Waals surface area contributed by atoms with Crippen molar-refractivity contribution in [2.24, 2.45) is 0 Å². The fourth-order valence-corrected chi connectivity index (χ4v) is 5.50. The van der Waals surface area contributed by atoms with Crippen LogP contribution in [0.1, 0.15) is 51.6 Å². The van der Waals surface area contributed by atoms with E-state index in [1.807, 2.05) is 24.3 Å². The van der Waals surface area contributed by atoms with Crippen molar-refractivity contribution < 1.29 is 27.5 Å². The number of unbranched alkanes of at least 4 members (excludes halogenated alkanes) is 1. The summed E-state index contributed by atoms with van der Waals surface area (Å²) in [5.41, 5.74) is 2.48. The van der Waals surface area contributed by atoms with E-state index in [1.165, 1.54) is 12.1 Å². The van der Waals surface area contributed by atoms with Gasteiger partial charge in [0.15, 0.2) is 12.4 Å². The van der Waals surface area contributed by atoms with E-state index < -0.39 is 22.6 Å². The second-order valence-electron chi connectivity index (χ2n) is 9.31. The normalized spacial score (nSPS) is 11.3. The molecule has 39 heavy (non-hydrogen) atoms. The minimum Gasteiger partial charge on any atom is -0.497 e. The van der Waals surface area contributed by atoms with Crippen LogP contribution in [0.3, 0.4) is 0 Å². The van der Waals surface area contributed by atoms with E-state index in [4.69, 9.17) is 9.47 Å². The van der Waals surface area contributed by atoms with Crippen molar-refractivity contribution in [1.82, 2.24) is 0 Å². The summed E-state index contributed by atoms with van der Waals surface area (Å²) in [5, 5.41) is 1.77. The van der Waals surface area contributed by atoms with Gasteiger partial charge in [-0.05, 0) is 84.1 Å². The molecule has 0 fully saturated rings. The topological polar surface area (TPSA) is 98.8 Å². The number of Topliss-reactive ketones (excluding diaryl/α,β-unsaturated/α-hetero) is 1. The van der Waals surface area contributed by atoms with Crippen molar-refractivity contribution in [3.63, 3.8) is 0 Å². The first-order valence-corrected chi connectivity index (χ1v) is 14.2. The summed E-state index contributed by atoms with van der Waals surface area (Å²) in [7, 11) is -2.38. The van der Waals surface area contributed by atoms with Crippen molar-refractivity contribution in [2.75, 3.05) is 18.4 Å². The van der Waals surface area contributed by atoms with Crippen LogP contribution >= 0.6 is 0 Å². The van der Waals surface area contributed by atoms with Gasteiger partial charge in [0.2, 0.25) is 0 Å². The number of benzene rings is 4. The second-order valence-corrected chi connectivity index (χ2v) is 11.0. The standard InChI is InChI=1S/C31H31NO6S/c1-4-5-6-22-8-14-27(15-9-22)32-39(35,36)30-19-26(10-7-21(30)2)31(34)38-20-29(33)25-12-11-24-18-28(37-3)16-13-23(24)17-25/h7-19,32H,4-6,20H2,1-3H3. The lowest BCUT2D eigenvalue weighted by atomic mass is 10.0. The number of ketones is 1. The largest absolute Gasteiger partial charge is 0.497 e. The van der Waals surface area contributed by atoms with Crippen molar-refractivity contribution in [2.45, 2.75) is 38.0 Å². The molecule has 0 spiro atoms. The predicted octanol–water partition coefficient (Wildman–Crippen LogP) is 6.34. The maximum absolute atomic E-state index is 13.1. The Bertz CT molecular complexity index is 1610. The summed E-state index contributed by atoms with van der Waals surface area (Å²) in [6.45, 7) is 3.30. The number of carbonyl (C=O) groups is 2. The lowest BCUT2D eigenvalue weighted by Crippen LogP contribution is -2.17. The number of hydrogen-bond donors (Lipinski definition) is 1. The maximum Gasteiger partial charge on any atom is 0.338 e. The highest BCUT2D eigenvalue weighted by atomic mass is 32.2. The Morgan fingerprint density at radius 2 is 1.54 bits per heavy atom. The Labute approximate surface area is 228 Å². The van der Waals surface area contributed by atoms with E-state index in [0.717, 1.165) is 35.6 Å². The number of carbonyl (C=O) groups excluding carboxylic acids is 2. The molecule has 0 unspecified atom stereocenters. The predicted molar refractivity (Wildman–Crippen MR) is 152 cm³/mol. The van der Waals surface area contributed by atoms with Gasteiger partial charge in [0.05, 0.1) is 17.6 Å². The van der Waals surface area contributed by atoms with E-state index in [1.54, 1.807) is 56.5 Å². The van der Waals surface area contributed by atoms with Crippen LogP contribution < -0.4 is 9.46 Å². The third-order valence-electron chi connectivity index (χ3n) is 6.44. The molecule has 0 heterocycles. The number of nitrogens with one attached hydrogen (secondary N) is 1. The van der Waals surface area contributed by atoms with Gasteiger partial charge in [-0.25, -0.2) is 13.2 Å². The van der Waals surface area contributed by atoms with Crippen LogP contribution in [0.2, 0.25) is 0 Å². The Kier molecular flexibility index (Phi) is 8.66. The van der Waals surface area contributed by atoms with Crippen LogP contribution in [-0.2, 0) is 21.2 Å². The second kappa shape index (κ2) is 12.1. The molecular weight excluding hydrogens is 514 g/mol. The Morgan fingerprint density at radius 1 is 0.846 bits per heavy atom. The first-order chi connectivity index (χ1) is 18.7. The van der Waals surface area contributed by atoms with Gasteiger partial charge in [-0.3, -0.25) is 9.52 Å². The zero-order chi connectivity index (χ0) is 28.0. The molecule has 4 aromatic carbocycles. The number of anilines is 1. The van der Waals surface area contributed by atoms with Crippen LogP contribution in [0, 0.1) is 6.92 Å². The molecule has 0 aromatic heterocycles. The number of sulfonamides is 1. The molecule has 0 bridgehead atoms. The highest BCUT2D eigenvalue weighted by molar-refractivity contribution is 7.92. The Hall–Kier alpha value is -4.17. The molecule has 0 aliphatic heterocycles. The number of hydrogen-bond acceptors (Lipinski definition) is 6. The lowest BCUT2D eigenvalue weighted by Gasteiger charge is -2.12. The molecule has 0 atom stereocenters. The fourth-order valence-electron chi connectivity index (χ4n) is 4.17. The van der Waals surface area contributed by atoms with Gasteiger partial charge in [-0.2, -0.15) is 0 Å². The van der Waals surface area contributed by atoms with Crippen LogP contribution in [0.25, 0.3) is 10.8 Å². The van der Waals surface area contributed by atoms with Crippen molar-refractivity contribution >= 4 is 38.2 Å². The molecule has 0 radical (unpaired) electrons. The SMILES string of the molecule is CCCCc1ccc(NS(=O)(=O)c2cc(C(=O)OCC(=O)c3ccc4cc(OC)ccc4c3)ccc2C)cc1. The van der Waals surface area contributed by atoms with Crippen molar-refractivity contribution in [3.05, 3.63) is 101 Å². The molecule has 7 nitrogen and oxygen atoms in total. The molecule has 0 saturated carbocycles. The van der Waals surface area contributed by atoms with E-state index >= 15 is 0 Å². The third kappa shape index (κ3) is 6.83. The zero-order valence-corrected chi connectivity index (χ0v) is 23.0. The number of aryl methyl sites for hydroxylation is 2. The molecule has 0 aliphatic rings. The molecule has 202 valence electrons. The van der Waals surface area contributed by atoms with E-state index in [2.05, 4.69) is 11.6 Å². The quantitative estimate of drug-likeness (QED) is 0.174. The summed E-state index contributed by atoms with van der Waals surface area (Å²) >= 11 is 0. The van der Waals surface area contributed by atoms with E-state index in [9.17, 15) is 18.0 Å². The van der Waals surface area contributed by atoms with Crippen LogP contribution in [0.5, 0.6) is 5.75 Å². The summed E-state index contributed by atoms with van der Waals surface area (Å²) in [4.78, 5) is 25.4. The first kappa shape index (κ1) is 27.9. The Morgan fingerprint density at radius 3 is 2.26 bits per heavy atom. The van der Waals surface area contributed by atoms with Gasteiger partial charge in [-0.15, -0.1) is 0 Å². The smallest absolute Gasteiger partial charge is 0.338 e. The fraction of sp³-hybridized carbons (Fsp3) is 0.226. The number of methoxy groups -OCH3 is 1. The molecule has 0 saturated heterocycles.